The standard InChI is InChI=1S/C34H34N4O2/c39-33-21-30(19-25-10-4-1-5-11-25)37(24-28-16-17-31-29(18-28)22-35-36-31)34(40)38(23-27-14-8-3-9-15-27)32(33)20-26-12-6-2-7-13-26/h1-18,22,30,32-33,39H,19-21,23-24H2,(H,35,36)/t30-,32?,33?/m1/s1. The van der Waals surface area contributed by atoms with Crippen molar-refractivity contribution in [2.24, 2.45) is 0 Å². The maximum Gasteiger partial charge on any atom is 0.321 e. The molecule has 0 bridgehead atoms. The molecule has 6 heteroatoms. The van der Waals surface area contributed by atoms with Gasteiger partial charge in [0.1, 0.15) is 0 Å². The van der Waals surface area contributed by atoms with Crippen molar-refractivity contribution in [3.8, 4) is 0 Å². The van der Waals surface area contributed by atoms with Crippen LogP contribution in [-0.4, -0.2) is 49.3 Å². The summed E-state index contributed by atoms with van der Waals surface area (Å²) in [6.45, 7) is 0.886. The van der Waals surface area contributed by atoms with Gasteiger partial charge in [-0.3, -0.25) is 5.10 Å². The van der Waals surface area contributed by atoms with Gasteiger partial charge >= 0.3 is 6.03 Å². The molecule has 2 heterocycles. The highest BCUT2D eigenvalue weighted by molar-refractivity contribution is 5.79. The van der Waals surface area contributed by atoms with Crippen LogP contribution < -0.4 is 0 Å². The van der Waals surface area contributed by atoms with E-state index in [4.69, 9.17) is 0 Å². The van der Waals surface area contributed by atoms with Crippen LogP contribution in [0.15, 0.2) is 115 Å². The Morgan fingerprint density at radius 1 is 0.725 bits per heavy atom. The highest BCUT2D eigenvalue weighted by Crippen LogP contribution is 2.30. The van der Waals surface area contributed by atoms with Crippen LogP contribution in [0, 0.1) is 0 Å². The Kier molecular flexibility index (Phi) is 7.60. The van der Waals surface area contributed by atoms with Crippen LogP contribution in [0.3, 0.4) is 0 Å². The van der Waals surface area contributed by atoms with Crippen LogP contribution in [0.5, 0.6) is 0 Å². The van der Waals surface area contributed by atoms with Gasteiger partial charge in [0, 0.05) is 24.5 Å². The Morgan fingerprint density at radius 2 is 1.32 bits per heavy atom. The second kappa shape index (κ2) is 11.8. The molecule has 0 saturated carbocycles. The van der Waals surface area contributed by atoms with E-state index < -0.39 is 6.10 Å². The van der Waals surface area contributed by atoms with Crippen molar-refractivity contribution in [3.63, 3.8) is 0 Å². The van der Waals surface area contributed by atoms with E-state index in [0.717, 1.165) is 33.2 Å². The minimum Gasteiger partial charge on any atom is -0.391 e. The minimum atomic E-state index is -0.678. The van der Waals surface area contributed by atoms with E-state index in [0.29, 0.717) is 32.4 Å². The number of amides is 2. The average molecular weight is 531 g/mol. The van der Waals surface area contributed by atoms with Gasteiger partial charge in [0.05, 0.1) is 23.9 Å². The van der Waals surface area contributed by atoms with E-state index in [1.54, 1.807) is 0 Å². The van der Waals surface area contributed by atoms with Crippen LogP contribution in [0.2, 0.25) is 0 Å². The lowest BCUT2D eigenvalue weighted by Gasteiger charge is -2.36. The molecule has 1 fully saturated rings. The number of carbonyl (C=O) groups excluding carboxylic acids is 1. The van der Waals surface area contributed by atoms with Crippen LogP contribution in [0.4, 0.5) is 4.79 Å². The van der Waals surface area contributed by atoms with E-state index in [1.807, 2.05) is 88.8 Å². The normalized spacial score (nSPS) is 19.6. The summed E-state index contributed by atoms with van der Waals surface area (Å²) in [6.07, 6.45) is 2.90. The fraction of sp³-hybridized carbons (Fsp3) is 0.235. The molecule has 1 aliphatic rings. The first-order valence-electron chi connectivity index (χ1n) is 13.9. The second-order valence-electron chi connectivity index (χ2n) is 10.7. The third-order valence-electron chi connectivity index (χ3n) is 7.95. The van der Waals surface area contributed by atoms with Gasteiger partial charge in [-0.25, -0.2) is 4.79 Å². The van der Waals surface area contributed by atoms with E-state index in [-0.39, 0.29) is 18.1 Å². The number of H-pyrrole nitrogens is 1. The van der Waals surface area contributed by atoms with Gasteiger partial charge in [0.2, 0.25) is 0 Å². The van der Waals surface area contributed by atoms with Gasteiger partial charge in [0.15, 0.2) is 0 Å². The lowest BCUT2D eigenvalue weighted by atomic mass is 9.93. The first kappa shape index (κ1) is 25.8. The summed E-state index contributed by atoms with van der Waals surface area (Å²) in [5.74, 6) is 0. The third kappa shape index (κ3) is 5.77. The highest BCUT2D eigenvalue weighted by atomic mass is 16.3. The number of rotatable bonds is 8. The van der Waals surface area contributed by atoms with E-state index in [9.17, 15) is 9.90 Å². The summed E-state index contributed by atoms with van der Waals surface area (Å²) in [7, 11) is 0. The summed E-state index contributed by atoms with van der Waals surface area (Å²) in [5, 5.41) is 20.0. The topological polar surface area (TPSA) is 72.5 Å². The number of carbonyl (C=O) groups is 1. The number of nitrogens with zero attached hydrogens (tertiary/aromatic N) is 3. The Balaban J connectivity index is 1.39. The second-order valence-corrected chi connectivity index (χ2v) is 10.7. The molecule has 1 saturated heterocycles. The van der Waals surface area contributed by atoms with E-state index >= 15 is 0 Å². The van der Waals surface area contributed by atoms with Crippen LogP contribution in [0.1, 0.15) is 28.7 Å². The Labute approximate surface area is 234 Å². The summed E-state index contributed by atoms with van der Waals surface area (Å²) in [6, 6.07) is 36.1. The summed E-state index contributed by atoms with van der Waals surface area (Å²) < 4.78 is 0. The number of nitrogens with one attached hydrogen (secondary N) is 1. The molecule has 4 aromatic carbocycles. The molecule has 3 atom stereocenters. The summed E-state index contributed by atoms with van der Waals surface area (Å²) >= 11 is 0. The molecular formula is C34H34N4O2. The summed E-state index contributed by atoms with van der Waals surface area (Å²) in [5.41, 5.74) is 5.31. The predicted molar refractivity (Wildman–Crippen MR) is 158 cm³/mol. The van der Waals surface area contributed by atoms with Crippen LogP contribution in [0.25, 0.3) is 10.9 Å². The van der Waals surface area contributed by atoms with Crippen molar-refractivity contribution in [1.82, 2.24) is 20.0 Å². The van der Waals surface area contributed by atoms with Crippen molar-refractivity contribution in [2.45, 2.75) is 50.5 Å². The SMILES string of the molecule is O=C1N(Cc2ccccc2)C(Cc2ccccc2)C(O)C[C@@H](Cc2ccccc2)N1Cc1ccc2[nH]ncc2c1. The van der Waals surface area contributed by atoms with Crippen LogP contribution in [-0.2, 0) is 25.9 Å². The van der Waals surface area contributed by atoms with Gasteiger partial charge in [-0.05, 0) is 53.6 Å². The zero-order chi connectivity index (χ0) is 27.3. The quantitative estimate of drug-likeness (QED) is 0.259. The molecule has 1 aliphatic heterocycles. The number of aromatic nitrogens is 2. The van der Waals surface area contributed by atoms with Crippen molar-refractivity contribution in [2.75, 3.05) is 0 Å². The number of benzene rings is 4. The molecular weight excluding hydrogens is 496 g/mol. The molecule has 0 aliphatic carbocycles. The molecule has 2 unspecified atom stereocenters. The fourth-order valence-corrected chi connectivity index (χ4v) is 5.86. The number of urea groups is 1. The zero-order valence-electron chi connectivity index (χ0n) is 22.4. The maximum absolute atomic E-state index is 14.6. The van der Waals surface area contributed by atoms with Gasteiger partial charge in [-0.15, -0.1) is 0 Å². The predicted octanol–water partition coefficient (Wildman–Crippen LogP) is 5.97. The lowest BCUT2D eigenvalue weighted by Crippen LogP contribution is -2.50. The number of fused-ring (bicyclic) bond motifs is 1. The maximum atomic E-state index is 14.6. The minimum absolute atomic E-state index is 0.0467. The average Bonchev–Trinajstić information content (AvgIpc) is 3.44. The molecule has 0 spiro atoms. The lowest BCUT2D eigenvalue weighted by molar-refractivity contribution is 0.0661. The zero-order valence-corrected chi connectivity index (χ0v) is 22.4. The van der Waals surface area contributed by atoms with Gasteiger partial charge in [0.25, 0.3) is 0 Å². The van der Waals surface area contributed by atoms with Crippen molar-refractivity contribution >= 4 is 16.9 Å². The van der Waals surface area contributed by atoms with E-state index in [2.05, 4.69) is 46.6 Å². The van der Waals surface area contributed by atoms with Gasteiger partial charge in [-0.2, -0.15) is 5.10 Å². The molecule has 40 heavy (non-hydrogen) atoms. The largest absolute Gasteiger partial charge is 0.391 e. The first-order valence-corrected chi connectivity index (χ1v) is 13.9. The highest BCUT2D eigenvalue weighted by Gasteiger charge is 2.41. The van der Waals surface area contributed by atoms with E-state index in [1.165, 1.54) is 0 Å². The number of aliphatic hydroxyl groups is 1. The first-order chi connectivity index (χ1) is 19.6. The van der Waals surface area contributed by atoms with Gasteiger partial charge in [-0.1, -0.05) is 97.1 Å². The van der Waals surface area contributed by atoms with Crippen molar-refractivity contribution in [1.29, 1.82) is 0 Å². The molecule has 5 aromatic rings. The monoisotopic (exact) mass is 530 g/mol. The van der Waals surface area contributed by atoms with Crippen LogP contribution >= 0.6 is 0 Å². The number of hydrogen-bond acceptors (Lipinski definition) is 3. The third-order valence-corrected chi connectivity index (χ3v) is 7.95. The molecule has 6 nitrogen and oxygen atoms in total. The Hall–Kier alpha value is -4.42. The fourth-order valence-electron chi connectivity index (χ4n) is 5.86. The van der Waals surface area contributed by atoms with Crippen molar-refractivity contribution < 1.29 is 9.90 Å². The molecule has 2 amide bonds. The Bertz CT molecular complexity index is 1540. The molecule has 0 radical (unpaired) electrons. The van der Waals surface area contributed by atoms with Crippen molar-refractivity contribution in [3.05, 3.63) is 138 Å². The van der Waals surface area contributed by atoms with Gasteiger partial charge < -0.3 is 14.9 Å². The smallest absolute Gasteiger partial charge is 0.321 e. The summed E-state index contributed by atoms with van der Waals surface area (Å²) in [4.78, 5) is 18.5. The number of aliphatic hydroxyl groups excluding tert-OH is 1. The molecule has 6 rings (SSSR count). The molecule has 202 valence electrons. The molecule has 2 N–H and O–H groups in total. The molecule has 1 aromatic heterocycles. The Morgan fingerprint density at radius 3 is 2.00 bits per heavy atom. The number of aromatic amines is 1. The number of hydrogen-bond donors (Lipinski definition) is 2.